The van der Waals surface area contributed by atoms with Crippen LogP contribution < -0.4 is 5.73 Å². The Bertz CT molecular complexity index is 430. The summed E-state index contributed by atoms with van der Waals surface area (Å²) in [5, 5.41) is 9.09. The zero-order chi connectivity index (χ0) is 12.3. The van der Waals surface area contributed by atoms with Gasteiger partial charge in [-0.2, -0.15) is 0 Å². The maximum absolute atomic E-state index is 11.5. The average molecular weight is 223 g/mol. The molecule has 0 radical (unpaired) electrons. The van der Waals surface area contributed by atoms with Crippen LogP contribution >= 0.6 is 0 Å². The molecule has 3 N–H and O–H groups in total. The van der Waals surface area contributed by atoms with Crippen molar-refractivity contribution in [2.75, 3.05) is 7.11 Å². The SMILES string of the molecule is COC(=O)C(N)(C(=O)O)c1ccccc1C. The number of nitrogens with two attached hydrogens (primary N) is 1. The molecule has 0 aromatic heterocycles. The quantitative estimate of drug-likeness (QED) is 0.572. The van der Waals surface area contributed by atoms with Crippen LogP contribution in [0.2, 0.25) is 0 Å². The number of methoxy groups -OCH3 is 1. The van der Waals surface area contributed by atoms with Gasteiger partial charge in [0, 0.05) is 0 Å². The van der Waals surface area contributed by atoms with E-state index in [4.69, 9.17) is 10.8 Å². The van der Waals surface area contributed by atoms with Gasteiger partial charge in [-0.15, -0.1) is 0 Å². The van der Waals surface area contributed by atoms with Crippen LogP contribution in [0.25, 0.3) is 0 Å². The molecule has 86 valence electrons. The summed E-state index contributed by atoms with van der Waals surface area (Å²) in [5.41, 5.74) is 4.34. The van der Waals surface area contributed by atoms with Crippen molar-refractivity contribution in [2.45, 2.75) is 12.5 Å². The molecule has 1 atom stereocenters. The number of carbonyl (C=O) groups is 2. The summed E-state index contributed by atoms with van der Waals surface area (Å²) in [6.07, 6.45) is 0. The number of hydrogen-bond acceptors (Lipinski definition) is 4. The molecule has 0 amide bonds. The molecule has 1 aromatic rings. The van der Waals surface area contributed by atoms with Crippen molar-refractivity contribution < 1.29 is 19.4 Å². The van der Waals surface area contributed by atoms with Crippen molar-refractivity contribution in [1.29, 1.82) is 0 Å². The van der Waals surface area contributed by atoms with E-state index >= 15 is 0 Å². The second-order valence-electron chi connectivity index (χ2n) is 3.42. The van der Waals surface area contributed by atoms with Crippen molar-refractivity contribution in [2.24, 2.45) is 5.73 Å². The lowest BCUT2D eigenvalue weighted by Crippen LogP contribution is -2.52. The summed E-state index contributed by atoms with van der Waals surface area (Å²) in [5.74, 6) is -2.43. The third-order valence-electron chi connectivity index (χ3n) is 2.41. The first kappa shape index (κ1) is 12.2. The van der Waals surface area contributed by atoms with E-state index in [9.17, 15) is 9.59 Å². The van der Waals surface area contributed by atoms with Crippen LogP contribution in [0.1, 0.15) is 11.1 Å². The Kier molecular flexibility index (Phi) is 3.29. The van der Waals surface area contributed by atoms with E-state index in [-0.39, 0.29) is 5.56 Å². The van der Waals surface area contributed by atoms with Gasteiger partial charge in [-0.25, -0.2) is 9.59 Å². The summed E-state index contributed by atoms with van der Waals surface area (Å²) in [4.78, 5) is 22.6. The van der Waals surface area contributed by atoms with Gasteiger partial charge in [-0.3, -0.25) is 0 Å². The fourth-order valence-electron chi connectivity index (χ4n) is 1.49. The molecule has 0 saturated carbocycles. The van der Waals surface area contributed by atoms with E-state index < -0.39 is 17.5 Å². The molecule has 0 saturated heterocycles. The lowest BCUT2D eigenvalue weighted by molar-refractivity contribution is -0.159. The standard InChI is InChI=1S/C11H13NO4/c1-7-5-3-4-6-8(7)11(12,9(13)14)10(15)16-2/h3-6H,12H2,1-2H3,(H,13,14). The van der Waals surface area contributed by atoms with Gasteiger partial charge in [-0.1, -0.05) is 24.3 Å². The highest BCUT2D eigenvalue weighted by Crippen LogP contribution is 2.23. The van der Waals surface area contributed by atoms with E-state index in [2.05, 4.69) is 4.74 Å². The largest absolute Gasteiger partial charge is 0.479 e. The maximum Gasteiger partial charge on any atom is 0.342 e. The van der Waals surface area contributed by atoms with Gasteiger partial charge in [0.1, 0.15) is 0 Å². The maximum atomic E-state index is 11.5. The molecule has 1 unspecified atom stereocenters. The lowest BCUT2D eigenvalue weighted by atomic mass is 9.88. The van der Waals surface area contributed by atoms with Gasteiger partial charge < -0.3 is 15.6 Å². The molecule has 0 aliphatic heterocycles. The van der Waals surface area contributed by atoms with Gasteiger partial charge in [0.25, 0.3) is 0 Å². The molecule has 1 aromatic carbocycles. The molecule has 0 heterocycles. The van der Waals surface area contributed by atoms with E-state index in [1.807, 2.05) is 0 Å². The van der Waals surface area contributed by atoms with Gasteiger partial charge in [0.15, 0.2) is 0 Å². The molecule has 1 rings (SSSR count). The second kappa shape index (κ2) is 4.32. The first-order valence-corrected chi connectivity index (χ1v) is 4.61. The highest BCUT2D eigenvalue weighted by molar-refractivity contribution is 6.04. The topological polar surface area (TPSA) is 89.6 Å². The summed E-state index contributed by atoms with van der Waals surface area (Å²) in [6, 6.07) is 6.54. The van der Waals surface area contributed by atoms with Crippen LogP contribution in [0.3, 0.4) is 0 Å². The van der Waals surface area contributed by atoms with Gasteiger partial charge in [-0.05, 0) is 18.1 Å². The fourth-order valence-corrected chi connectivity index (χ4v) is 1.49. The smallest absolute Gasteiger partial charge is 0.342 e. The first-order valence-electron chi connectivity index (χ1n) is 4.61. The summed E-state index contributed by atoms with van der Waals surface area (Å²) in [6.45, 7) is 1.68. The van der Waals surface area contributed by atoms with Crippen molar-refractivity contribution in [1.82, 2.24) is 0 Å². The zero-order valence-corrected chi connectivity index (χ0v) is 9.06. The van der Waals surface area contributed by atoms with Crippen LogP contribution in [0.15, 0.2) is 24.3 Å². The van der Waals surface area contributed by atoms with E-state index in [0.29, 0.717) is 5.56 Å². The fraction of sp³-hybridized carbons (Fsp3) is 0.273. The summed E-state index contributed by atoms with van der Waals surface area (Å²) < 4.78 is 4.44. The van der Waals surface area contributed by atoms with Crippen molar-refractivity contribution in [3.8, 4) is 0 Å². The van der Waals surface area contributed by atoms with Crippen LogP contribution in [0, 0.1) is 6.92 Å². The number of ether oxygens (including phenoxy) is 1. The number of carbonyl (C=O) groups excluding carboxylic acids is 1. The Morgan fingerprint density at radius 1 is 1.38 bits per heavy atom. The second-order valence-corrected chi connectivity index (χ2v) is 3.42. The van der Waals surface area contributed by atoms with Gasteiger partial charge in [0.2, 0.25) is 5.54 Å². The Hall–Kier alpha value is -1.88. The molecule has 16 heavy (non-hydrogen) atoms. The summed E-state index contributed by atoms with van der Waals surface area (Å²) in [7, 11) is 1.10. The predicted octanol–water partition coefficient (Wildman–Crippen LogP) is 0.407. The Labute approximate surface area is 92.8 Å². The number of carboxylic acids is 1. The normalized spacial score (nSPS) is 13.9. The van der Waals surface area contributed by atoms with E-state index in [0.717, 1.165) is 7.11 Å². The lowest BCUT2D eigenvalue weighted by Gasteiger charge is -2.23. The molecule has 0 fully saturated rings. The number of hydrogen-bond donors (Lipinski definition) is 2. The third kappa shape index (κ3) is 1.77. The summed E-state index contributed by atoms with van der Waals surface area (Å²) >= 11 is 0. The van der Waals surface area contributed by atoms with Crippen LogP contribution in [0.5, 0.6) is 0 Å². The molecule has 5 nitrogen and oxygen atoms in total. The minimum atomic E-state index is -2.15. The third-order valence-corrected chi connectivity index (χ3v) is 2.41. The average Bonchev–Trinajstić information content (AvgIpc) is 2.27. The number of aryl methyl sites for hydroxylation is 1. The minimum absolute atomic E-state index is 0.231. The van der Waals surface area contributed by atoms with Gasteiger partial charge >= 0.3 is 11.9 Å². The van der Waals surface area contributed by atoms with Crippen LogP contribution in [0.4, 0.5) is 0 Å². The van der Waals surface area contributed by atoms with Crippen molar-refractivity contribution in [3.05, 3.63) is 35.4 Å². The van der Waals surface area contributed by atoms with E-state index in [1.165, 1.54) is 6.07 Å². The number of benzene rings is 1. The minimum Gasteiger partial charge on any atom is -0.479 e. The number of esters is 1. The molecule has 0 aliphatic carbocycles. The first-order chi connectivity index (χ1) is 7.44. The molecule has 5 heteroatoms. The Balaban J connectivity index is 3.39. The Morgan fingerprint density at radius 3 is 2.38 bits per heavy atom. The van der Waals surface area contributed by atoms with Crippen molar-refractivity contribution >= 4 is 11.9 Å². The molecular formula is C11H13NO4. The zero-order valence-electron chi connectivity index (χ0n) is 9.06. The molecule has 0 aliphatic rings. The van der Waals surface area contributed by atoms with Crippen LogP contribution in [-0.4, -0.2) is 24.2 Å². The number of aliphatic carboxylic acids is 1. The number of rotatable bonds is 3. The molecule has 0 bridgehead atoms. The monoisotopic (exact) mass is 223 g/mol. The van der Waals surface area contributed by atoms with Gasteiger partial charge in [0.05, 0.1) is 7.11 Å². The highest BCUT2D eigenvalue weighted by Gasteiger charge is 2.46. The molecule has 0 spiro atoms. The van der Waals surface area contributed by atoms with Crippen molar-refractivity contribution in [3.63, 3.8) is 0 Å². The highest BCUT2D eigenvalue weighted by atomic mass is 16.5. The van der Waals surface area contributed by atoms with Crippen LogP contribution in [-0.2, 0) is 19.9 Å². The predicted molar refractivity (Wildman–Crippen MR) is 56.7 cm³/mol. The molecular weight excluding hydrogens is 210 g/mol. The number of carboxylic acid groups (broad SMARTS) is 1. The Morgan fingerprint density at radius 2 is 1.94 bits per heavy atom. The van der Waals surface area contributed by atoms with E-state index in [1.54, 1.807) is 25.1 Å².